The first-order chi connectivity index (χ1) is 7.29. The van der Waals surface area contributed by atoms with Crippen LogP contribution in [0.15, 0.2) is 15.9 Å². The van der Waals surface area contributed by atoms with Gasteiger partial charge in [0.25, 0.3) is 0 Å². The Bertz CT molecular complexity index is 269. The molecule has 4 heteroatoms. The average molecular weight is 292 g/mol. The smallest absolute Gasteiger partial charge is 0.0480 e. The van der Waals surface area contributed by atoms with E-state index in [1.165, 1.54) is 9.35 Å². The lowest BCUT2D eigenvalue weighted by Gasteiger charge is -2.17. The molecule has 0 bridgehead atoms. The minimum Gasteiger partial charge on any atom is -0.385 e. The van der Waals surface area contributed by atoms with Crippen LogP contribution in [-0.2, 0) is 4.74 Å². The van der Waals surface area contributed by atoms with Gasteiger partial charge in [0.15, 0.2) is 0 Å². The van der Waals surface area contributed by atoms with E-state index in [0.29, 0.717) is 6.04 Å². The number of thiophene rings is 1. The molecule has 1 rings (SSSR count). The molecule has 2 nitrogen and oxygen atoms in total. The highest BCUT2D eigenvalue weighted by molar-refractivity contribution is 9.10. The summed E-state index contributed by atoms with van der Waals surface area (Å²) in [5, 5.41) is 5.67. The first-order valence-corrected chi connectivity index (χ1v) is 6.92. The summed E-state index contributed by atoms with van der Waals surface area (Å²) in [6, 6.07) is 2.52. The third kappa shape index (κ3) is 4.23. The van der Waals surface area contributed by atoms with Gasteiger partial charge >= 0.3 is 0 Å². The van der Waals surface area contributed by atoms with Gasteiger partial charge < -0.3 is 10.1 Å². The van der Waals surface area contributed by atoms with E-state index in [1.54, 1.807) is 18.4 Å². The summed E-state index contributed by atoms with van der Waals surface area (Å²) in [7, 11) is 1.75. The maximum absolute atomic E-state index is 5.14. The molecule has 0 aromatic carbocycles. The zero-order valence-corrected chi connectivity index (χ0v) is 11.7. The minimum absolute atomic E-state index is 0.416. The van der Waals surface area contributed by atoms with Crippen molar-refractivity contribution in [3.8, 4) is 0 Å². The Morgan fingerprint density at radius 3 is 2.93 bits per heavy atom. The average Bonchev–Trinajstić information content (AvgIpc) is 2.65. The van der Waals surface area contributed by atoms with Crippen LogP contribution in [0.5, 0.6) is 0 Å². The summed E-state index contributed by atoms with van der Waals surface area (Å²) in [4.78, 5) is 1.38. The molecule has 0 aliphatic heterocycles. The fourth-order valence-electron chi connectivity index (χ4n) is 1.43. The van der Waals surface area contributed by atoms with Crippen molar-refractivity contribution >= 4 is 27.3 Å². The van der Waals surface area contributed by atoms with Crippen LogP contribution in [-0.4, -0.2) is 20.3 Å². The fourth-order valence-corrected chi connectivity index (χ4v) is 3.19. The standard InChI is InChI=1S/C11H18BrNOS/c1-3-6-13-10(4-7-14-2)11-9(12)5-8-15-11/h5,8,10,13H,3-4,6-7H2,1-2H3. The summed E-state index contributed by atoms with van der Waals surface area (Å²) >= 11 is 5.37. The molecule has 0 amide bonds. The van der Waals surface area contributed by atoms with E-state index in [2.05, 4.69) is 39.6 Å². The second-order valence-electron chi connectivity index (χ2n) is 3.42. The molecule has 0 spiro atoms. The van der Waals surface area contributed by atoms with Gasteiger partial charge in [0.2, 0.25) is 0 Å². The topological polar surface area (TPSA) is 21.3 Å². The highest BCUT2D eigenvalue weighted by atomic mass is 79.9. The number of rotatable bonds is 7. The molecule has 0 saturated heterocycles. The summed E-state index contributed by atoms with van der Waals surface area (Å²) in [5.41, 5.74) is 0. The molecule has 1 heterocycles. The molecule has 1 aromatic rings. The van der Waals surface area contributed by atoms with Crippen LogP contribution >= 0.6 is 27.3 Å². The quantitative estimate of drug-likeness (QED) is 0.829. The number of ether oxygens (including phenoxy) is 1. The van der Waals surface area contributed by atoms with E-state index in [0.717, 1.165) is 26.0 Å². The van der Waals surface area contributed by atoms with Crippen LogP contribution in [0.2, 0.25) is 0 Å². The van der Waals surface area contributed by atoms with Gasteiger partial charge in [0, 0.05) is 29.1 Å². The van der Waals surface area contributed by atoms with Gasteiger partial charge in [-0.3, -0.25) is 0 Å². The van der Waals surface area contributed by atoms with Crippen LogP contribution in [0.3, 0.4) is 0 Å². The largest absolute Gasteiger partial charge is 0.385 e. The molecule has 1 N–H and O–H groups in total. The molecular formula is C11H18BrNOS. The number of hydrogen-bond donors (Lipinski definition) is 1. The van der Waals surface area contributed by atoms with Crippen molar-refractivity contribution in [1.29, 1.82) is 0 Å². The van der Waals surface area contributed by atoms with Crippen molar-refractivity contribution < 1.29 is 4.74 Å². The number of halogens is 1. The fraction of sp³-hybridized carbons (Fsp3) is 0.636. The maximum Gasteiger partial charge on any atom is 0.0480 e. The summed E-state index contributed by atoms with van der Waals surface area (Å²) < 4.78 is 6.35. The van der Waals surface area contributed by atoms with Gasteiger partial charge in [-0.15, -0.1) is 11.3 Å². The zero-order valence-electron chi connectivity index (χ0n) is 9.25. The number of methoxy groups -OCH3 is 1. The van der Waals surface area contributed by atoms with Crippen LogP contribution < -0.4 is 5.32 Å². The van der Waals surface area contributed by atoms with E-state index < -0.39 is 0 Å². The molecule has 0 fully saturated rings. The van der Waals surface area contributed by atoms with E-state index >= 15 is 0 Å². The summed E-state index contributed by atoms with van der Waals surface area (Å²) in [5.74, 6) is 0. The predicted molar refractivity (Wildman–Crippen MR) is 69.5 cm³/mol. The van der Waals surface area contributed by atoms with Crippen molar-refractivity contribution in [3.05, 3.63) is 20.8 Å². The normalized spacial score (nSPS) is 13.0. The monoisotopic (exact) mass is 291 g/mol. The second kappa shape index (κ2) is 7.39. The van der Waals surface area contributed by atoms with Crippen LogP contribution in [0.4, 0.5) is 0 Å². The molecule has 0 aliphatic carbocycles. The van der Waals surface area contributed by atoms with Crippen molar-refractivity contribution in [3.63, 3.8) is 0 Å². The molecule has 86 valence electrons. The Morgan fingerprint density at radius 1 is 1.60 bits per heavy atom. The Balaban J connectivity index is 2.58. The maximum atomic E-state index is 5.14. The van der Waals surface area contributed by atoms with Crippen molar-refractivity contribution in [2.45, 2.75) is 25.8 Å². The number of hydrogen-bond acceptors (Lipinski definition) is 3. The highest BCUT2D eigenvalue weighted by Gasteiger charge is 2.14. The molecule has 1 atom stereocenters. The Labute approximate surface area is 104 Å². The lowest BCUT2D eigenvalue weighted by Crippen LogP contribution is -2.22. The second-order valence-corrected chi connectivity index (χ2v) is 5.22. The molecule has 0 saturated carbocycles. The summed E-state index contributed by atoms with van der Waals surface area (Å²) in [6.07, 6.45) is 2.18. The molecule has 0 radical (unpaired) electrons. The number of nitrogens with one attached hydrogen (secondary N) is 1. The lowest BCUT2D eigenvalue weighted by molar-refractivity contribution is 0.183. The van der Waals surface area contributed by atoms with E-state index in [4.69, 9.17) is 4.74 Å². The van der Waals surface area contributed by atoms with Crippen molar-refractivity contribution in [2.24, 2.45) is 0 Å². The first kappa shape index (κ1) is 13.2. The van der Waals surface area contributed by atoms with Crippen LogP contribution in [0.1, 0.15) is 30.7 Å². The zero-order chi connectivity index (χ0) is 11.1. The van der Waals surface area contributed by atoms with Crippen LogP contribution in [0.25, 0.3) is 0 Å². The molecule has 0 aliphatic rings. The van der Waals surface area contributed by atoms with E-state index in [-0.39, 0.29) is 0 Å². The Morgan fingerprint density at radius 2 is 2.40 bits per heavy atom. The third-order valence-electron chi connectivity index (χ3n) is 2.21. The minimum atomic E-state index is 0.416. The van der Waals surface area contributed by atoms with Gasteiger partial charge in [0.05, 0.1) is 0 Å². The van der Waals surface area contributed by atoms with Crippen molar-refractivity contribution in [1.82, 2.24) is 5.32 Å². The summed E-state index contributed by atoms with van der Waals surface area (Å²) in [6.45, 7) is 4.04. The van der Waals surface area contributed by atoms with Gasteiger partial charge in [-0.25, -0.2) is 0 Å². The van der Waals surface area contributed by atoms with Gasteiger partial charge in [-0.05, 0) is 46.8 Å². The molecule has 15 heavy (non-hydrogen) atoms. The van der Waals surface area contributed by atoms with Gasteiger partial charge in [-0.1, -0.05) is 6.92 Å². The van der Waals surface area contributed by atoms with E-state index in [9.17, 15) is 0 Å². The van der Waals surface area contributed by atoms with Crippen LogP contribution in [0, 0.1) is 0 Å². The highest BCUT2D eigenvalue weighted by Crippen LogP contribution is 2.30. The first-order valence-electron chi connectivity index (χ1n) is 5.24. The third-order valence-corrected chi connectivity index (χ3v) is 4.20. The lowest BCUT2D eigenvalue weighted by atomic mass is 10.1. The van der Waals surface area contributed by atoms with E-state index in [1.807, 2.05) is 0 Å². The van der Waals surface area contributed by atoms with Gasteiger partial charge in [0.1, 0.15) is 0 Å². The van der Waals surface area contributed by atoms with Gasteiger partial charge in [-0.2, -0.15) is 0 Å². The molecule has 1 aromatic heterocycles. The van der Waals surface area contributed by atoms with Crippen molar-refractivity contribution in [2.75, 3.05) is 20.3 Å². The molecular weight excluding hydrogens is 274 g/mol. The predicted octanol–water partition coefficient (Wildman–Crippen LogP) is 3.59. The Hall–Kier alpha value is 0.100. The Kier molecular flexibility index (Phi) is 6.48. The molecule has 1 unspecified atom stereocenters. The SMILES string of the molecule is CCCNC(CCOC)c1sccc1Br.